The Morgan fingerprint density at radius 1 is 1.32 bits per heavy atom. The summed E-state index contributed by atoms with van der Waals surface area (Å²) in [5.74, 6) is 0.0572. The van der Waals surface area contributed by atoms with Crippen molar-refractivity contribution in [2.45, 2.75) is 26.7 Å². The number of nitrogens with two attached hydrogens (primary N) is 1. The van der Waals surface area contributed by atoms with Crippen molar-refractivity contribution in [3.8, 4) is 5.69 Å². The van der Waals surface area contributed by atoms with Crippen LogP contribution in [0.5, 0.6) is 0 Å². The molecule has 0 spiro atoms. The minimum atomic E-state index is 0.0572. The van der Waals surface area contributed by atoms with Gasteiger partial charge in [0.2, 0.25) is 5.91 Å². The van der Waals surface area contributed by atoms with E-state index in [9.17, 15) is 4.79 Å². The van der Waals surface area contributed by atoms with Gasteiger partial charge in [-0.2, -0.15) is 0 Å². The lowest BCUT2D eigenvalue weighted by atomic mass is 10.0. The number of hydrogen-bond acceptors (Lipinski definition) is 3. The Morgan fingerprint density at radius 3 is 2.79 bits per heavy atom. The fraction of sp³-hybridized carbons (Fsp3) is 0.286. The van der Waals surface area contributed by atoms with E-state index in [0.717, 1.165) is 34.7 Å². The third-order valence-corrected chi connectivity index (χ3v) is 3.66. The van der Waals surface area contributed by atoms with Crippen LogP contribution in [-0.4, -0.2) is 15.5 Å². The summed E-state index contributed by atoms with van der Waals surface area (Å²) in [5, 5.41) is 2.90. The second kappa shape index (κ2) is 4.12. The number of fused-ring (bicyclic) bond motifs is 1. The average Bonchev–Trinajstić information content (AvgIpc) is 2.70. The number of aromatic nitrogens is 2. The lowest BCUT2D eigenvalue weighted by Crippen LogP contribution is -2.19. The van der Waals surface area contributed by atoms with Crippen LogP contribution in [0.15, 0.2) is 18.5 Å². The second-order valence-electron chi connectivity index (χ2n) is 4.90. The SMILES string of the molecule is Cc1ncn(-c2cc3c(cc2N)CCC(=O)N3)c1C. The Morgan fingerprint density at radius 2 is 2.11 bits per heavy atom. The van der Waals surface area contributed by atoms with Gasteiger partial charge in [0.25, 0.3) is 0 Å². The number of imidazole rings is 1. The molecule has 98 valence electrons. The molecule has 1 aliphatic heterocycles. The number of anilines is 2. The first-order valence-electron chi connectivity index (χ1n) is 6.29. The number of amides is 1. The standard InChI is InChI=1S/C14H16N4O/c1-8-9(2)18(7-16-8)13-6-12-10(5-11(13)15)3-4-14(19)17-12/h5-7H,3-4,15H2,1-2H3,(H,17,19). The molecule has 0 fully saturated rings. The first-order valence-corrected chi connectivity index (χ1v) is 6.29. The van der Waals surface area contributed by atoms with Crippen molar-refractivity contribution < 1.29 is 4.79 Å². The molecule has 0 radical (unpaired) electrons. The van der Waals surface area contributed by atoms with Gasteiger partial charge < -0.3 is 15.6 Å². The summed E-state index contributed by atoms with van der Waals surface area (Å²) in [6, 6.07) is 3.87. The number of carbonyl (C=O) groups excluding carboxylic acids is 1. The fourth-order valence-electron chi connectivity index (χ4n) is 2.39. The van der Waals surface area contributed by atoms with E-state index in [0.29, 0.717) is 12.1 Å². The van der Waals surface area contributed by atoms with Gasteiger partial charge >= 0.3 is 0 Å². The molecule has 1 aliphatic rings. The number of nitrogens with one attached hydrogen (secondary N) is 1. The van der Waals surface area contributed by atoms with Gasteiger partial charge in [-0.1, -0.05) is 0 Å². The fourth-order valence-corrected chi connectivity index (χ4v) is 2.39. The molecule has 5 nitrogen and oxygen atoms in total. The van der Waals surface area contributed by atoms with Gasteiger partial charge in [-0.3, -0.25) is 4.79 Å². The molecule has 0 bridgehead atoms. The largest absolute Gasteiger partial charge is 0.397 e. The third-order valence-electron chi connectivity index (χ3n) is 3.66. The van der Waals surface area contributed by atoms with Crippen LogP contribution < -0.4 is 11.1 Å². The molecule has 0 unspecified atom stereocenters. The minimum absolute atomic E-state index is 0.0572. The molecular weight excluding hydrogens is 240 g/mol. The Bertz CT molecular complexity index is 672. The molecule has 1 aromatic carbocycles. The van der Waals surface area contributed by atoms with Crippen LogP contribution in [0.4, 0.5) is 11.4 Å². The van der Waals surface area contributed by atoms with Gasteiger partial charge in [0.15, 0.2) is 0 Å². The maximum absolute atomic E-state index is 11.5. The lowest BCUT2D eigenvalue weighted by molar-refractivity contribution is -0.116. The zero-order chi connectivity index (χ0) is 13.6. The van der Waals surface area contributed by atoms with Gasteiger partial charge in [-0.05, 0) is 38.0 Å². The van der Waals surface area contributed by atoms with Crippen molar-refractivity contribution in [2.24, 2.45) is 0 Å². The smallest absolute Gasteiger partial charge is 0.224 e. The molecule has 1 aromatic heterocycles. The number of nitrogens with zero attached hydrogens (tertiary/aromatic N) is 2. The summed E-state index contributed by atoms with van der Waals surface area (Å²) in [6.45, 7) is 3.96. The third kappa shape index (κ3) is 1.87. The lowest BCUT2D eigenvalue weighted by Gasteiger charge is -2.20. The first-order chi connectivity index (χ1) is 9.06. The van der Waals surface area contributed by atoms with Crippen LogP contribution in [0.2, 0.25) is 0 Å². The summed E-state index contributed by atoms with van der Waals surface area (Å²) in [6.07, 6.45) is 3.02. The van der Waals surface area contributed by atoms with Crippen LogP contribution in [0, 0.1) is 13.8 Å². The number of nitrogen functional groups attached to an aromatic ring is 1. The predicted molar refractivity (Wildman–Crippen MR) is 74.4 cm³/mol. The van der Waals surface area contributed by atoms with E-state index in [4.69, 9.17) is 5.73 Å². The summed E-state index contributed by atoms with van der Waals surface area (Å²) < 4.78 is 1.95. The maximum Gasteiger partial charge on any atom is 0.224 e. The quantitative estimate of drug-likeness (QED) is 0.766. The number of aryl methyl sites for hydroxylation is 2. The van der Waals surface area contributed by atoms with Crippen LogP contribution in [0.25, 0.3) is 5.69 Å². The van der Waals surface area contributed by atoms with Gasteiger partial charge in [0, 0.05) is 17.8 Å². The average molecular weight is 256 g/mol. The second-order valence-corrected chi connectivity index (χ2v) is 4.90. The molecule has 2 aromatic rings. The van der Waals surface area contributed by atoms with Gasteiger partial charge in [-0.15, -0.1) is 0 Å². The van der Waals surface area contributed by atoms with Crippen molar-refractivity contribution in [3.05, 3.63) is 35.4 Å². The summed E-state index contributed by atoms with van der Waals surface area (Å²) in [7, 11) is 0. The van der Waals surface area contributed by atoms with E-state index < -0.39 is 0 Å². The Hall–Kier alpha value is -2.30. The molecule has 1 amide bonds. The molecule has 0 saturated carbocycles. The number of carbonyl (C=O) groups is 1. The van der Waals surface area contributed by atoms with Crippen molar-refractivity contribution >= 4 is 17.3 Å². The summed E-state index contributed by atoms with van der Waals surface area (Å²) in [4.78, 5) is 15.7. The molecule has 0 atom stereocenters. The van der Waals surface area contributed by atoms with E-state index in [1.165, 1.54) is 0 Å². The Kier molecular flexibility index (Phi) is 2.55. The molecule has 5 heteroatoms. The predicted octanol–water partition coefficient (Wildman–Crippen LogP) is 1.96. The number of rotatable bonds is 1. The van der Waals surface area contributed by atoms with Crippen molar-refractivity contribution in [1.29, 1.82) is 0 Å². The Labute approximate surface area is 111 Å². The normalized spacial score (nSPS) is 14.1. The van der Waals surface area contributed by atoms with Crippen molar-refractivity contribution in [2.75, 3.05) is 11.1 Å². The van der Waals surface area contributed by atoms with Crippen LogP contribution >= 0.6 is 0 Å². The van der Waals surface area contributed by atoms with Crippen molar-refractivity contribution in [1.82, 2.24) is 9.55 Å². The maximum atomic E-state index is 11.5. The number of benzene rings is 1. The summed E-state index contributed by atoms with van der Waals surface area (Å²) >= 11 is 0. The van der Waals surface area contributed by atoms with Crippen LogP contribution in [0.1, 0.15) is 23.4 Å². The van der Waals surface area contributed by atoms with Crippen LogP contribution in [-0.2, 0) is 11.2 Å². The molecule has 2 heterocycles. The number of hydrogen-bond donors (Lipinski definition) is 2. The summed E-state index contributed by atoms with van der Waals surface area (Å²) in [5.41, 5.74) is 11.7. The van der Waals surface area contributed by atoms with Gasteiger partial charge in [-0.25, -0.2) is 4.98 Å². The van der Waals surface area contributed by atoms with Gasteiger partial charge in [0.05, 0.1) is 23.4 Å². The molecule has 19 heavy (non-hydrogen) atoms. The van der Waals surface area contributed by atoms with E-state index >= 15 is 0 Å². The zero-order valence-electron chi connectivity index (χ0n) is 11.0. The molecular formula is C14H16N4O. The molecule has 3 N–H and O–H groups in total. The highest BCUT2D eigenvalue weighted by molar-refractivity contribution is 5.95. The van der Waals surface area contributed by atoms with E-state index in [1.807, 2.05) is 30.5 Å². The highest BCUT2D eigenvalue weighted by atomic mass is 16.1. The highest BCUT2D eigenvalue weighted by Gasteiger charge is 2.18. The monoisotopic (exact) mass is 256 g/mol. The highest BCUT2D eigenvalue weighted by Crippen LogP contribution is 2.30. The molecule has 3 rings (SSSR count). The molecule has 0 aliphatic carbocycles. The zero-order valence-corrected chi connectivity index (χ0v) is 11.0. The topological polar surface area (TPSA) is 72.9 Å². The van der Waals surface area contributed by atoms with E-state index in [2.05, 4.69) is 10.3 Å². The molecule has 0 saturated heterocycles. The minimum Gasteiger partial charge on any atom is -0.397 e. The van der Waals surface area contributed by atoms with E-state index in [-0.39, 0.29) is 5.91 Å². The first kappa shape index (κ1) is 11.8. The van der Waals surface area contributed by atoms with Crippen LogP contribution in [0.3, 0.4) is 0 Å². The van der Waals surface area contributed by atoms with E-state index in [1.54, 1.807) is 6.33 Å². The van der Waals surface area contributed by atoms with Crippen molar-refractivity contribution in [3.63, 3.8) is 0 Å². The Balaban J connectivity index is 2.15. The van der Waals surface area contributed by atoms with Gasteiger partial charge in [0.1, 0.15) is 0 Å².